The molecular weight excluding hydrogens is 292 g/mol. The SMILES string of the molecule is COc1ccc(C(=O)NNC2=CC(C)(C)C[C@H](C)C2)cc1OC. The lowest BCUT2D eigenvalue weighted by Gasteiger charge is -2.32. The predicted octanol–water partition coefficient (Wildman–Crippen LogP) is 3.28. The minimum Gasteiger partial charge on any atom is -0.493 e. The highest BCUT2D eigenvalue weighted by Crippen LogP contribution is 2.35. The Morgan fingerprint density at radius 2 is 1.91 bits per heavy atom. The van der Waals surface area contributed by atoms with Crippen molar-refractivity contribution in [2.24, 2.45) is 11.3 Å². The first kappa shape index (κ1) is 17.2. The van der Waals surface area contributed by atoms with Crippen molar-refractivity contribution in [2.45, 2.75) is 33.6 Å². The molecule has 5 nitrogen and oxygen atoms in total. The summed E-state index contributed by atoms with van der Waals surface area (Å²) >= 11 is 0. The van der Waals surface area contributed by atoms with Gasteiger partial charge in [0.2, 0.25) is 0 Å². The molecule has 1 atom stereocenters. The van der Waals surface area contributed by atoms with Gasteiger partial charge in [-0.2, -0.15) is 0 Å². The molecule has 126 valence electrons. The molecule has 0 saturated heterocycles. The van der Waals surface area contributed by atoms with Crippen LogP contribution in [-0.4, -0.2) is 20.1 Å². The van der Waals surface area contributed by atoms with Gasteiger partial charge in [0.1, 0.15) is 0 Å². The summed E-state index contributed by atoms with van der Waals surface area (Å²) in [4.78, 5) is 12.3. The highest BCUT2D eigenvalue weighted by molar-refractivity contribution is 5.94. The lowest BCUT2D eigenvalue weighted by Crippen LogP contribution is -2.39. The maximum absolute atomic E-state index is 12.3. The van der Waals surface area contributed by atoms with Crippen LogP contribution in [0.2, 0.25) is 0 Å². The van der Waals surface area contributed by atoms with Crippen LogP contribution in [-0.2, 0) is 0 Å². The summed E-state index contributed by atoms with van der Waals surface area (Å²) in [6, 6.07) is 5.09. The molecule has 2 rings (SSSR count). The van der Waals surface area contributed by atoms with Gasteiger partial charge in [-0.25, -0.2) is 0 Å². The molecule has 23 heavy (non-hydrogen) atoms. The Balaban J connectivity index is 2.04. The third kappa shape index (κ3) is 4.41. The molecule has 5 heteroatoms. The maximum Gasteiger partial charge on any atom is 0.269 e. The summed E-state index contributed by atoms with van der Waals surface area (Å²) in [5.74, 6) is 1.52. The molecule has 2 N–H and O–H groups in total. The smallest absolute Gasteiger partial charge is 0.269 e. The van der Waals surface area contributed by atoms with Gasteiger partial charge < -0.3 is 14.9 Å². The van der Waals surface area contributed by atoms with E-state index in [0.717, 1.165) is 18.5 Å². The Hall–Kier alpha value is -2.17. The second-order valence-electron chi connectivity index (χ2n) is 6.82. The summed E-state index contributed by atoms with van der Waals surface area (Å²) < 4.78 is 10.4. The van der Waals surface area contributed by atoms with Crippen molar-refractivity contribution in [2.75, 3.05) is 14.2 Å². The molecule has 0 aliphatic heterocycles. The molecule has 0 unspecified atom stereocenters. The van der Waals surface area contributed by atoms with Crippen LogP contribution in [0.1, 0.15) is 44.0 Å². The topological polar surface area (TPSA) is 59.6 Å². The second-order valence-corrected chi connectivity index (χ2v) is 6.82. The number of carbonyl (C=O) groups excluding carboxylic acids is 1. The number of allylic oxidation sites excluding steroid dienone is 2. The Kier molecular flexibility index (Phi) is 5.19. The van der Waals surface area contributed by atoms with E-state index in [4.69, 9.17) is 9.47 Å². The highest BCUT2D eigenvalue weighted by Gasteiger charge is 2.25. The molecule has 0 saturated carbocycles. The number of benzene rings is 1. The van der Waals surface area contributed by atoms with Gasteiger partial charge in [0.25, 0.3) is 5.91 Å². The largest absolute Gasteiger partial charge is 0.493 e. The minimum absolute atomic E-state index is 0.147. The summed E-state index contributed by atoms with van der Waals surface area (Å²) in [5.41, 5.74) is 7.54. The third-order valence-corrected chi connectivity index (χ3v) is 3.99. The summed E-state index contributed by atoms with van der Waals surface area (Å²) in [6.45, 7) is 6.65. The maximum atomic E-state index is 12.3. The fraction of sp³-hybridized carbons (Fsp3) is 0.500. The molecule has 0 bridgehead atoms. The van der Waals surface area contributed by atoms with Crippen LogP contribution in [0.5, 0.6) is 11.5 Å². The summed E-state index contributed by atoms with van der Waals surface area (Å²) in [7, 11) is 3.12. The van der Waals surface area contributed by atoms with Crippen LogP contribution in [0.15, 0.2) is 30.0 Å². The molecule has 1 aromatic rings. The molecule has 1 aliphatic rings. The number of rotatable bonds is 5. The minimum atomic E-state index is -0.206. The van der Waals surface area contributed by atoms with Crippen LogP contribution < -0.4 is 20.3 Å². The zero-order valence-corrected chi connectivity index (χ0v) is 14.5. The number of hydrogen-bond donors (Lipinski definition) is 2. The average Bonchev–Trinajstić information content (AvgIpc) is 2.50. The summed E-state index contributed by atoms with van der Waals surface area (Å²) in [6.07, 6.45) is 4.29. The average molecular weight is 318 g/mol. The lowest BCUT2D eigenvalue weighted by atomic mass is 9.76. The van der Waals surface area contributed by atoms with Crippen molar-refractivity contribution in [3.63, 3.8) is 0 Å². The quantitative estimate of drug-likeness (QED) is 0.818. The van der Waals surface area contributed by atoms with Gasteiger partial charge in [-0.05, 0) is 42.4 Å². The number of amides is 1. The van der Waals surface area contributed by atoms with E-state index in [1.54, 1.807) is 32.4 Å². The van der Waals surface area contributed by atoms with E-state index in [1.807, 2.05) is 0 Å². The Labute approximate surface area is 138 Å². The molecule has 1 aromatic carbocycles. The standard InChI is InChI=1S/C18H26N2O3/c1-12-8-14(11-18(2,3)10-12)19-20-17(21)13-6-7-15(22-4)16(9-13)23-5/h6-7,9,11-12,19H,8,10H2,1-5H3,(H,20,21)/t12-/m1/s1. The first-order valence-corrected chi connectivity index (χ1v) is 7.85. The number of methoxy groups -OCH3 is 2. The first-order chi connectivity index (χ1) is 10.8. The molecule has 0 aromatic heterocycles. The van der Waals surface area contributed by atoms with Crippen LogP contribution in [0.4, 0.5) is 0 Å². The van der Waals surface area contributed by atoms with Gasteiger partial charge in [0.15, 0.2) is 11.5 Å². The molecule has 0 radical (unpaired) electrons. The summed E-state index contributed by atoms with van der Waals surface area (Å²) in [5, 5.41) is 0. The van der Waals surface area contributed by atoms with Gasteiger partial charge in [-0.15, -0.1) is 0 Å². The van der Waals surface area contributed by atoms with Crippen molar-refractivity contribution >= 4 is 5.91 Å². The Bertz CT molecular complexity index is 608. The van der Waals surface area contributed by atoms with E-state index < -0.39 is 0 Å². The second kappa shape index (κ2) is 6.94. The van der Waals surface area contributed by atoms with Crippen molar-refractivity contribution in [1.29, 1.82) is 0 Å². The van der Waals surface area contributed by atoms with Gasteiger partial charge >= 0.3 is 0 Å². The number of hydrazine groups is 1. The zero-order chi connectivity index (χ0) is 17.0. The van der Waals surface area contributed by atoms with Crippen LogP contribution in [0, 0.1) is 11.3 Å². The fourth-order valence-corrected chi connectivity index (χ4v) is 3.21. The molecule has 0 heterocycles. The highest BCUT2D eigenvalue weighted by atomic mass is 16.5. The van der Waals surface area contributed by atoms with Crippen LogP contribution in [0.25, 0.3) is 0 Å². The van der Waals surface area contributed by atoms with E-state index in [0.29, 0.717) is 23.0 Å². The third-order valence-electron chi connectivity index (χ3n) is 3.99. The van der Waals surface area contributed by atoms with Gasteiger partial charge in [-0.1, -0.05) is 26.8 Å². The monoisotopic (exact) mass is 318 g/mol. The van der Waals surface area contributed by atoms with E-state index in [9.17, 15) is 4.79 Å². The molecule has 1 aliphatic carbocycles. The first-order valence-electron chi connectivity index (χ1n) is 7.85. The van der Waals surface area contributed by atoms with E-state index in [-0.39, 0.29) is 11.3 Å². The van der Waals surface area contributed by atoms with Crippen molar-refractivity contribution in [3.05, 3.63) is 35.5 Å². The zero-order valence-electron chi connectivity index (χ0n) is 14.5. The van der Waals surface area contributed by atoms with Gasteiger partial charge in [-0.3, -0.25) is 10.2 Å². The van der Waals surface area contributed by atoms with Crippen molar-refractivity contribution < 1.29 is 14.3 Å². The fourth-order valence-electron chi connectivity index (χ4n) is 3.21. The van der Waals surface area contributed by atoms with E-state index in [1.165, 1.54) is 0 Å². The van der Waals surface area contributed by atoms with Gasteiger partial charge in [0, 0.05) is 11.3 Å². The van der Waals surface area contributed by atoms with Crippen LogP contribution >= 0.6 is 0 Å². The van der Waals surface area contributed by atoms with Crippen molar-refractivity contribution in [3.8, 4) is 11.5 Å². The normalized spacial score (nSPS) is 19.5. The number of nitrogens with one attached hydrogen (secondary N) is 2. The molecule has 0 fully saturated rings. The molecular formula is C18H26N2O3. The van der Waals surface area contributed by atoms with Crippen LogP contribution in [0.3, 0.4) is 0 Å². The number of carbonyl (C=O) groups is 1. The Morgan fingerprint density at radius 3 is 2.52 bits per heavy atom. The van der Waals surface area contributed by atoms with Gasteiger partial charge in [0.05, 0.1) is 14.2 Å². The molecule has 0 spiro atoms. The Morgan fingerprint density at radius 1 is 1.22 bits per heavy atom. The predicted molar refractivity (Wildman–Crippen MR) is 90.4 cm³/mol. The number of ether oxygens (including phenoxy) is 2. The molecule has 1 amide bonds. The lowest BCUT2D eigenvalue weighted by molar-refractivity contribution is 0.0936. The van der Waals surface area contributed by atoms with Crippen molar-refractivity contribution in [1.82, 2.24) is 10.9 Å². The van der Waals surface area contributed by atoms with E-state index in [2.05, 4.69) is 37.7 Å². The van der Waals surface area contributed by atoms with E-state index >= 15 is 0 Å². The number of hydrogen-bond acceptors (Lipinski definition) is 4.